The first-order valence-corrected chi connectivity index (χ1v) is 11.4. The van der Waals surface area contributed by atoms with E-state index in [2.05, 4.69) is 58.1 Å². The Morgan fingerprint density at radius 2 is 2.04 bits per heavy atom. The first kappa shape index (κ1) is 20.2. The van der Waals surface area contributed by atoms with E-state index in [4.69, 9.17) is 9.47 Å². The van der Waals surface area contributed by atoms with Crippen molar-refractivity contribution >= 4 is 0 Å². The van der Waals surface area contributed by atoms with Crippen LogP contribution in [-0.4, -0.2) is 32.9 Å². The van der Waals surface area contributed by atoms with Gasteiger partial charge in [0.05, 0.1) is 19.8 Å². The van der Waals surface area contributed by atoms with Crippen LogP contribution in [0.2, 0.25) is 0 Å². The van der Waals surface area contributed by atoms with Crippen molar-refractivity contribution in [2.75, 3.05) is 32.9 Å². The summed E-state index contributed by atoms with van der Waals surface area (Å²) in [6.45, 7) is 16.9. The first-order chi connectivity index (χ1) is 13.3. The molecule has 0 bridgehead atoms. The third kappa shape index (κ3) is 3.10. The van der Waals surface area contributed by atoms with Crippen LogP contribution in [0.15, 0.2) is 18.2 Å². The maximum Gasteiger partial charge on any atom is 0.125 e. The van der Waals surface area contributed by atoms with Crippen molar-refractivity contribution in [1.82, 2.24) is 5.32 Å². The maximum atomic E-state index is 6.29. The van der Waals surface area contributed by atoms with E-state index >= 15 is 0 Å². The first-order valence-electron chi connectivity index (χ1n) is 11.4. The van der Waals surface area contributed by atoms with Crippen molar-refractivity contribution in [2.45, 2.75) is 66.2 Å². The van der Waals surface area contributed by atoms with Crippen LogP contribution in [0.25, 0.3) is 0 Å². The summed E-state index contributed by atoms with van der Waals surface area (Å²) in [5, 5.41) is 3.65. The topological polar surface area (TPSA) is 30.5 Å². The smallest absolute Gasteiger partial charge is 0.125 e. The molecule has 3 nitrogen and oxygen atoms in total. The van der Waals surface area contributed by atoms with E-state index in [-0.39, 0.29) is 5.41 Å². The summed E-state index contributed by atoms with van der Waals surface area (Å²) in [5.74, 6) is 2.39. The van der Waals surface area contributed by atoms with Crippen LogP contribution in [0.1, 0.15) is 70.9 Å². The molecule has 1 N–H and O–H groups in total. The Hall–Kier alpha value is -1.06. The highest BCUT2D eigenvalue weighted by Gasteiger charge is 2.58. The molecule has 4 rings (SSSR count). The number of hydrogen-bond acceptors (Lipinski definition) is 3. The second kappa shape index (κ2) is 7.32. The molecule has 0 amide bonds. The van der Waals surface area contributed by atoms with Gasteiger partial charge in [-0.15, -0.1) is 0 Å². The molecule has 156 valence electrons. The van der Waals surface area contributed by atoms with E-state index < -0.39 is 0 Å². The highest BCUT2D eigenvalue weighted by molar-refractivity contribution is 5.46. The summed E-state index contributed by atoms with van der Waals surface area (Å²) < 4.78 is 12.0. The van der Waals surface area contributed by atoms with Gasteiger partial charge in [0.15, 0.2) is 0 Å². The average Bonchev–Trinajstić information content (AvgIpc) is 2.65. The fourth-order valence-corrected chi connectivity index (χ4v) is 6.56. The van der Waals surface area contributed by atoms with Crippen LogP contribution in [0.5, 0.6) is 5.75 Å². The second-order valence-electron chi connectivity index (χ2n) is 10.7. The van der Waals surface area contributed by atoms with E-state index in [0.29, 0.717) is 22.7 Å². The molecule has 2 saturated heterocycles. The fraction of sp³-hybridized carbons (Fsp3) is 0.760. The molecule has 3 atom stereocenters. The number of fused-ring (bicyclic) bond motifs is 1. The standard InChI is InChI=1S/C25H39NO2/c1-6-25(11-12-26-15-24(25)16-27-17-24)18(2)14-19-8-7-9-20-21(23(3,4)5)10-13-28-22(19)20/h7-9,18,21,26H,6,10-17H2,1-5H3. The minimum Gasteiger partial charge on any atom is -0.493 e. The molecule has 0 aliphatic carbocycles. The highest BCUT2D eigenvalue weighted by atomic mass is 16.5. The molecule has 28 heavy (non-hydrogen) atoms. The number of benzene rings is 1. The van der Waals surface area contributed by atoms with Crippen molar-refractivity contribution in [3.05, 3.63) is 29.3 Å². The fourth-order valence-electron chi connectivity index (χ4n) is 6.56. The van der Waals surface area contributed by atoms with Crippen LogP contribution >= 0.6 is 0 Å². The molecule has 2 fully saturated rings. The summed E-state index contributed by atoms with van der Waals surface area (Å²) >= 11 is 0. The predicted octanol–water partition coefficient (Wildman–Crippen LogP) is 5.18. The summed E-state index contributed by atoms with van der Waals surface area (Å²) in [6, 6.07) is 6.88. The molecule has 3 aliphatic rings. The zero-order valence-electron chi connectivity index (χ0n) is 18.6. The molecule has 3 heterocycles. The number of ether oxygens (including phenoxy) is 2. The summed E-state index contributed by atoms with van der Waals surface area (Å²) in [7, 11) is 0. The number of para-hydroxylation sites is 1. The summed E-state index contributed by atoms with van der Waals surface area (Å²) in [6.07, 6.45) is 4.73. The Morgan fingerprint density at radius 1 is 1.25 bits per heavy atom. The summed E-state index contributed by atoms with van der Waals surface area (Å²) in [5.41, 5.74) is 3.80. The number of rotatable bonds is 4. The summed E-state index contributed by atoms with van der Waals surface area (Å²) in [4.78, 5) is 0. The molecule has 1 aromatic carbocycles. The van der Waals surface area contributed by atoms with Gasteiger partial charge in [0.25, 0.3) is 0 Å². The SMILES string of the molecule is CCC1(C(C)Cc2cccc3c2OCCC3C(C)(C)C)CCNCC12COC2. The lowest BCUT2D eigenvalue weighted by molar-refractivity contribution is -0.214. The molecular formula is C25H39NO2. The zero-order valence-corrected chi connectivity index (χ0v) is 18.6. The number of hydrogen-bond donors (Lipinski definition) is 1. The molecular weight excluding hydrogens is 346 g/mol. The van der Waals surface area contributed by atoms with Gasteiger partial charge in [-0.1, -0.05) is 52.8 Å². The quantitative estimate of drug-likeness (QED) is 0.774. The molecule has 0 radical (unpaired) electrons. The molecule has 0 aromatic heterocycles. The lowest BCUT2D eigenvalue weighted by atomic mass is 9.51. The molecule has 1 spiro atoms. The van der Waals surface area contributed by atoms with Crippen molar-refractivity contribution < 1.29 is 9.47 Å². The Balaban J connectivity index is 1.64. The van der Waals surface area contributed by atoms with E-state index in [0.717, 1.165) is 45.8 Å². The zero-order chi connectivity index (χ0) is 20.0. The van der Waals surface area contributed by atoms with Gasteiger partial charge >= 0.3 is 0 Å². The van der Waals surface area contributed by atoms with Gasteiger partial charge in [0, 0.05) is 12.0 Å². The highest BCUT2D eigenvalue weighted by Crippen LogP contribution is 2.57. The number of nitrogens with one attached hydrogen (secondary N) is 1. The van der Waals surface area contributed by atoms with E-state index in [9.17, 15) is 0 Å². The van der Waals surface area contributed by atoms with Gasteiger partial charge in [-0.25, -0.2) is 0 Å². The van der Waals surface area contributed by atoms with Crippen LogP contribution in [0.4, 0.5) is 0 Å². The van der Waals surface area contributed by atoms with E-state index in [1.807, 2.05) is 0 Å². The molecule has 1 aromatic rings. The van der Waals surface area contributed by atoms with Gasteiger partial charge in [0.2, 0.25) is 0 Å². The minimum atomic E-state index is 0.274. The number of piperidine rings is 1. The maximum absolute atomic E-state index is 6.29. The van der Waals surface area contributed by atoms with Crippen LogP contribution in [-0.2, 0) is 11.2 Å². The van der Waals surface area contributed by atoms with Gasteiger partial charge in [0.1, 0.15) is 5.75 Å². The molecule has 3 unspecified atom stereocenters. The predicted molar refractivity (Wildman–Crippen MR) is 115 cm³/mol. The third-order valence-electron chi connectivity index (χ3n) is 8.33. The Bertz CT molecular complexity index is 703. The lowest BCUT2D eigenvalue weighted by Crippen LogP contribution is -2.66. The van der Waals surface area contributed by atoms with E-state index in [1.54, 1.807) is 0 Å². The van der Waals surface area contributed by atoms with Crippen molar-refractivity contribution in [1.29, 1.82) is 0 Å². The van der Waals surface area contributed by atoms with Crippen molar-refractivity contribution in [2.24, 2.45) is 22.2 Å². The molecule has 3 aliphatic heterocycles. The van der Waals surface area contributed by atoms with Crippen LogP contribution in [0, 0.1) is 22.2 Å². The van der Waals surface area contributed by atoms with Gasteiger partial charge in [-0.2, -0.15) is 0 Å². The van der Waals surface area contributed by atoms with E-state index in [1.165, 1.54) is 29.7 Å². The Kier molecular flexibility index (Phi) is 5.29. The minimum absolute atomic E-state index is 0.274. The monoisotopic (exact) mass is 385 g/mol. The second-order valence-corrected chi connectivity index (χ2v) is 10.7. The van der Waals surface area contributed by atoms with Crippen LogP contribution in [0.3, 0.4) is 0 Å². The Labute approximate surface area is 171 Å². The van der Waals surface area contributed by atoms with Crippen molar-refractivity contribution in [3.8, 4) is 5.75 Å². The van der Waals surface area contributed by atoms with Gasteiger partial charge in [-0.3, -0.25) is 0 Å². The van der Waals surface area contributed by atoms with Crippen LogP contribution < -0.4 is 10.1 Å². The largest absolute Gasteiger partial charge is 0.493 e. The van der Waals surface area contributed by atoms with Crippen molar-refractivity contribution in [3.63, 3.8) is 0 Å². The lowest BCUT2D eigenvalue weighted by Gasteiger charge is -2.61. The average molecular weight is 386 g/mol. The molecule has 3 heteroatoms. The Morgan fingerprint density at radius 3 is 2.68 bits per heavy atom. The molecule has 0 saturated carbocycles. The third-order valence-corrected chi connectivity index (χ3v) is 8.33. The van der Waals surface area contributed by atoms with Gasteiger partial charge < -0.3 is 14.8 Å². The van der Waals surface area contributed by atoms with Gasteiger partial charge in [-0.05, 0) is 66.0 Å². The normalized spacial score (nSPS) is 30.2.